The Morgan fingerprint density at radius 1 is 1.25 bits per heavy atom. The highest BCUT2D eigenvalue weighted by Gasteiger charge is 2.15. The molecule has 0 saturated carbocycles. The van der Waals surface area contributed by atoms with Crippen molar-refractivity contribution in [2.24, 2.45) is 0 Å². The van der Waals surface area contributed by atoms with E-state index in [1.54, 1.807) is 25.5 Å². The van der Waals surface area contributed by atoms with Crippen molar-refractivity contribution in [1.29, 1.82) is 0 Å². The molecule has 6 heteroatoms. The summed E-state index contributed by atoms with van der Waals surface area (Å²) in [5, 5.41) is 3.92. The molecule has 3 aromatic rings. The van der Waals surface area contributed by atoms with Crippen LogP contribution in [0, 0.1) is 6.92 Å². The van der Waals surface area contributed by atoms with Crippen molar-refractivity contribution in [2.45, 2.75) is 6.92 Å². The average Bonchev–Trinajstić information content (AvgIpc) is 3.07. The van der Waals surface area contributed by atoms with Gasteiger partial charge < -0.3 is 19.4 Å². The van der Waals surface area contributed by atoms with Crippen molar-refractivity contribution in [1.82, 2.24) is 10.1 Å². The maximum Gasteiger partial charge on any atom is 0.258 e. The molecule has 0 unspecified atom stereocenters. The summed E-state index contributed by atoms with van der Waals surface area (Å²) in [5.41, 5.74) is 8.05. The number of aromatic nitrogens is 2. The summed E-state index contributed by atoms with van der Waals surface area (Å²) in [6.07, 6.45) is 1.59. The molecule has 0 saturated heterocycles. The molecule has 2 heterocycles. The first-order valence-electron chi connectivity index (χ1n) is 6.01. The van der Waals surface area contributed by atoms with Gasteiger partial charge in [0.15, 0.2) is 5.76 Å². The Bertz CT molecular complexity index is 746. The van der Waals surface area contributed by atoms with Gasteiger partial charge >= 0.3 is 0 Å². The fourth-order valence-corrected chi connectivity index (χ4v) is 1.90. The van der Waals surface area contributed by atoms with E-state index in [4.69, 9.17) is 19.4 Å². The minimum absolute atomic E-state index is 0.380. The highest BCUT2D eigenvalue weighted by atomic mass is 16.5. The predicted octanol–water partition coefficient (Wildman–Crippen LogP) is 2.90. The number of anilines is 1. The monoisotopic (exact) mass is 271 g/mol. The van der Waals surface area contributed by atoms with Crippen molar-refractivity contribution in [2.75, 3.05) is 12.8 Å². The minimum atomic E-state index is 0.380. The Hall–Kier alpha value is -2.76. The quantitative estimate of drug-likeness (QED) is 0.737. The van der Waals surface area contributed by atoms with Gasteiger partial charge in [-0.25, -0.2) is 0 Å². The third-order valence-corrected chi connectivity index (χ3v) is 2.97. The van der Waals surface area contributed by atoms with Gasteiger partial charge in [0.05, 0.1) is 19.1 Å². The van der Waals surface area contributed by atoms with Crippen molar-refractivity contribution in [3.8, 4) is 28.8 Å². The number of nitrogens with two attached hydrogens (primary N) is 1. The van der Waals surface area contributed by atoms with Crippen molar-refractivity contribution >= 4 is 5.69 Å². The maximum atomic E-state index is 5.86. The van der Waals surface area contributed by atoms with E-state index in [9.17, 15) is 0 Å². The number of hydrogen-bond donors (Lipinski definition) is 1. The van der Waals surface area contributed by atoms with Crippen LogP contribution in [0.3, 0.4) is 0 Å². The number of nitrogens with zero attached hydrogens (tertiary/aromatic N) is 2. The summed E-state index contributed by atoms with van der Waals surface area (Å²) in [6.45, 7) is 1.92. The molecule has 0 fully saturated rings. The van der Waals surface area contributed by atoms with Crippen molar-refractivity contribution in [3.63, 3.8) is 0 Å². The van der Waals surface area contributed by atoms with Crippen LogP contribution in [-0.2, 0) is 0 Å². The Labute approximate surface area is 115 Å². The summed E-state index contributed by atoms with van der Waals surface area (Å²) in [4.78, 5) is 4.31. The summed E-state index contributed by atoms with van der Waals surface area (Å²) >= 11 is 0. The van der Waals surface area contributed by atoms with Gasteiger partial charge in [0.1, 0.15) is 5.75 Å². The van der Waals surface area contributed by atoms with Gasteiger partial charge in [-0.05, 0) is 36.8 Å². The maximum absolute atomic E-state index is 5.86. The lowest BCUT2D eigenvalue weighted by Crippen LogP contribution is -1.92. The van der Waals surface area contributed by atoms with E-state index in [1.807, 2.05) is 19.1 Å². The number of benzene rings is 1. The van der Waals surface area contributed by atoms with Crippen LogP contribution in [0.15, 0.2) is 39.5 Å². The number of furan rings is 1. The molecule has 0 bridgehead atoms. The number of nitrogen functional groups attached to an aromatic ring is 1. The fourth-order valence-electron chi connectivity index (χ4n) is 1.90. The molecule has 20 heavy (non-hydrogen) atoms. The molecule has 3 rings (SSSR count). The molecule has 0 aliphatic heterocycles. The molecule has 6 nitrogen and oxygen atoms in total. The Morgan fingerprint density at radius 2 is 2.10 bits per heavy atom. The fraction of sp³-hybridized carbons (Fsp3) is 0.143. The number of hydrogen-bond acceptors (Lipinski definition) is 6. The molecule has 2 N–H and O–H groups in total. The van der Waals surface area contributed by atoms with Gasteiger partial charge in [0.25, 0.3) is 5.89 Å². The van der Waals surface area contributed by atoms with E-state index in [0.29, 0.717) is 28.9 Å². The molecule has 0 spiro atoms. The van der Waals surface area contributed by atoms with Crippen LogP contribution < -0.4 is 10.5 Å². The van der Waals surface area contributed by atoms with E-state index in [-0.39, 0.29) is 0 Å². The van der Waals surface area contributed by atoms with Gasteiger partial charge in [-0.2, -0.15) is 4.98 Å². The zero-order valence-corrected chi connectivity index (χ0v) is 11.1. The first-order chi connectivity index (χ1) is 9.69. The summed E-state index contributed by atoms with van der Waals surface area (Å²) in [7, 11) is 1.57. The summed E-state index contributed by atoms with van der Waals surface area (Å²) in [6, 6.07) is 7.13. The molecule has 0 aliphatic rings. The number of ether oxygens (including phenoxy) is 1. The zero-order valence-electron chi connectivity index (χ0n) is 11.1. The summed E-state index contributed by atoms with van der Waals surface area (Å²) < 4.78 is 15.7. The van der Waals surface area contributed by atoms with Crippen LogP contribution in [-0.4, -0.2) is 17.3 Å². The van der Waals surface area contributed by atoms with Gasteiger partial charge in [-0.1, -0.05) is 5.16 Å². The Morgan fingerprint density at radius 3 is 2.75 bits per heavy atom. The lowest BCUT2D eigenvalue weighted by atomic mass is 10.2. The lowest BCUT2D eigenvalue weighted by molar-refractivity contribution is 0.416. The zero-order chi connectivity index (χ0) is 14.1. The summed E-state index contributed by atoms with van der Waals surface area (Å²) in [5.74, 6) is 2.00. The third kappa shape index (κ3) is 2.01. The average molecular weight is 271 g/mol. The van der Waals surface area contributed by atoms with E-state index in [1.165, 1.54) is 0 Å². The van der Waals surface area contributed by atoms with Gasteiger partial charge in [-0.3, -0.25) is 0 Å². The second-order valence-electron chi connectivity index (χ2n) is 4.31. The van der Waals surface area contributed by atoms with Crippen molar-refractivity contribution < 1.29 is 13.7 Å². The first-order valence-corrected chi connectivity index (χ1v) is 6.01. The van der Waals surface area contributed by atoms with E-state index < -0.39 is 0 Å². The van der Waals surface area contributed by atoms with Crippen LogP contribution in [0.25, 0.3) is 23.0 Å². The van der Waals surface area contributed by atoms with Gasteiger partial charge in [0, 0.05) is 5.56 Å². The van der Waals surface area contributed by atoms with Crippen LogP contribution in [0.2, 0.25) is 0 Å². The highest BCUT2D eigenvalue weighted by Crippen LogP contribution is 2.29. The molecule has 2 aromatic heterocycles. The smallest absolute Gasteiger partial charge is 0.258 e. The molecular weight excluding hydrogens is 258 g/mol. The van der Waals surface area contributed by atoms with Crippen LogP contribution >= 0.6 is 0 Å². The molecule has 1 aromatic carbocycles. The third-order valence-electron chi connectivity index (χ3n) is 2.97. The molecular formula is C14H13N3O3. The molecule has 102 valence electrons. The van der Waals surface area contributed by atoms with E-state index in [2.05, 4.69) is 10.1 Å². The second kappa shape index (κ2) is 4.73. The lowest BCUT2D eigenvalue weighted by Gasteiger charge is -2.04. The highest BCUT2D eigenvalue weighted by molar-refractivity contribution is 5.66. The molecule has 0 atom stereocenters. The van der Waals surface area contributed by atoms with Gasteiger partial charge in [0.2, 0.25) is 5.82 Å². The second-order valence-corrected chi connectivity index (χ2v) is 4.31. The number of aryl methyl sites for hydroxylation is 1. The number of methoxy groups -OCH3 is 1. The molecule has 0 radical (unpaired) electrons. The Kier molecular flexibility index (Phi) is 2.90. The normalized spacial score (nSPS) is 10.7. The van der Waals surface area contributed by atoms with E-state index in [0.717, 1.165) is 11.1 Å². The van der Waals surface area contributed by atoms with Gasteiger partial charge in [-0.15, -0.1) is 0 Å². The van der Waals surface area contributed by atoms with Crippen LogP contribution in [0.4, 0.5) is 5.69 Å². The van der Waals surface area contributed by atoms with E-state index >= 15 is 0 Å². The first kappa shape index (κ1) is 12.3. The van der Waals surface area contributed by atoms with Crippen molar-refractivity contribution in [3.05, 3.63) is 36.1 Å². The molecule has 0 amide bonds. The Balaban J connectivity index is 1.98. The minimum Gasteiger partial charge on any atom is -0.495 e. The molecule has 0 aliphatic carbocycles. The van der Waals surface area contributed by atoms with Crippen LogP contribution in [0.1, 0.15) is 5.56 Å². The van der Waals surface area contributed by atoms with Crippen LogP contribution in [0.5, 0.6) is 5.75 Å². The standard InChI is InChI=1S/C14H13N3O3/c1-8-5-6-19-12(8)13-16-14(20-17-13)9-3-4-11(18-2)10(15)7-9/h3-7H,15H2,1-2H3. The topological polar surface area (TPSA) is 87.3 Å². The number of rotatable bonds is 3. The largest absolute Gasteiger partial charge is 0.495 e. The predicted molar refractivity (Wildman–Crippen MR) is 73.1 cm³/mol. The SMILES string of the molecule is COc1ccc(-c2nc(-c3occc3C)no2)cc1N.